The summed E-state index contributed by atoms with van der Waals surface area (Å²) in [6, 6.07) is -0.954. The smallest absolute Gasteiger partial charge is 0.320 e. The molecule has 0 aliphatic heterocycles. The summed E-state index contributed by atoms with van der Waals surface area (Å²) in [5.41, 5.74) is 11.3. The van der Waals surface area contributed by atoms with Crippen molar-refractivity contribution in [2.45, 2.75) is 18.9 Å². The Hall–Kier alpha value is -1.67. The van der Waals surface area contributed by atoms with Crippen LogP contribution in [0.5, 0.6) is 0 Å². The van der Waals surface area contributed by atoms with Gasteiger partial charge >= 0.3 is 5.97 Å². The third-order valence-corrected chi connectivity index (χ3v) is 2.73. The fourth-order valence-electron chi connectivity index (χ4n) is 1.12. The molecule has 7 nitrogen and oxygen atoms in total. The number of carbonyl (C=O) groups is 2. The molecule has 17 heavy (non-hydrogen) atoms. The van der Waals surface area contributed by atoms with Gasteiger partial charge in [-0.1, -0.05) is 0 Å². The number of carbonyl (C=O) groups excluding carboxylic acids is 1. The molecule has 0 aliphatic rings. The van der Waals surface area contributed by atoms with Gasteiger partial charge in [0.25, 0.3) is 0 Å². The maximum absolute atomic E-state index is 11.4. The van der Waals surface area contributed by atoms with E-state index >= 15 is 0 Å². The van der Waals surface area contributed by atoms with E-state index in [1.807, 2.05) is 0 Å². The zero-order valence-corrected chi connectivity index (χ0v) is 9.87. The van der Waals surface area contributed by atoms with Crippen molar-refractivity contribution < 1.29 is 14.7 Å². The van der Waals surface area contributed by atoms with E-state index in [-0.39, 0.29) is 25.3 Å². The molecular weight excluding hydrogens is 244 g/mol. The van der Waals surface area contributed by atoms with Gasteiger partial charge in [-0.05, 0) is 6.42 Å². The van der Waals surface area contributed by atoms with Crippen molar-refractivity contribution in [3.8, 4) is 0 Å². The minimum absolute atomic E-state index is 0.135. The van der Waals surface area contributed by atoms with Crippen LogP contribution in [-0.4, -0.2) is 34.6 Å². The number of nitrogen functional groups attached to an aromatic ring is 1. The maximum Gasteiger partial charge on any atom is 0.320 e. The van der Waals surface area contributed by atoms with Gasteiger partial charge in [-0.2, -0.15) is 0 Å². The van der Waals surface area contributed by atoms with Gasteiger partial charge < -0.3 is 21.9 Å². The van der Waals surface area contributed by atoms with Crippen LogP contribution in [-0.2, 0) is 16.0 Å². The normalized spacial score (nSPS) is 12.1. The molecule has 0 aliphatic carbocycles. The fraction of sp³-hybridized carbons (Fsp3) is 0.444. The van der Waals surface area contributed by atoms with E-state index in [2.05, 4.69) is 10.3 Å². The third kappa shape index (κ3) is 4.79. The highest BCUT2D eigenvalue weighted by Crippen LogP contribution is 2.11. The van der Waals surface area contributed by atoms with E-state index < -0.39 is 12.0 Å². The second-order valence-corrected chi connectivity index (χ2v) is 4.33. The molecule has 1 unspecified atom stereocenters. The number of nitrogens with one attached hydrogen (secondary N) is 1. The SMILES string of the molecule is Nc1nc(CC(=O)NCCC(N)C(=O)O)cs1. The number of carboxylic acids is 1. The van der Waals surface area contributed by atoms with E-state index in [9.17, 15) is 9.59 Å². The molecule has 1 atom stereocenters. The Labute approximate surface area is 102 Å². The minimum atomic E-state index is -1.08. The largest absolute Gasteiger partial charge is 0.480 e. The summed E-state index contributed by atoms with van der Waals surface area (Å²) >= 11 is 1.27. The highest BCUT2D eigenvalue weighted by atomic mass is 32.1. The Bertz CT molecular complexity index is 407. The van der Waals surface area contributed by atoms with Crippen LogP contribution < -0.4 is 16.8 Å². The number of thiazole rings is 1. The number of hydrogen-bond donors (Lipinski definition) is 4. The van der Waals surface area contributed by atoms with Crippen molar-refractivity contribution in [3.63, 3.8) is 0 Å². The lowest BCUT2D eigenvalue weighted by Crippen LogP contribution is -2.35. The maximum atomic E-state index is 11.4. The lowest BCUT2D eigenvalue weighted by atomic mass is 10.2. The van der Waals surface area contributed by atoms with Crippen LogP contribution in [0.2, 0.25) is 0 Å². The zero-order chi connectivity index (χ0) is 12.8. The van der Waals surface area contributed by atoms with E-state index in [1.54, 1.807) is 5.38 Å². The Balaban J connectivity index is 2.24. The Morgan fingerprint density at radius 2 is 2.29 bits per heavy atom. The van der Waals surface area contributed by atoms with Gasteiger partial charge in [0.05, 0.1) is 12.1 Å². The number of carboxylic acid groups (broad SMARTS) is 1. The van der Waals surface area contributed by atoms with Gasteiger partial charge in [0.15, 0.2) is 5.13 Å². The second kappa shape index (κ2) is 6.16. The Morgan fingerprint density at radius 3 is 2.82 bits per heavy atom. The first-order valence-corrected chi connectivity index (χ1v) is 5.82. The monoisotopic (exact) mass is 258 g/mol. The van der Waals surface area contributed by atoms with Crippen LogP contribution >= 0.6 is 11.3 Å². The standard InChI is InChI=1S/C9H14N4O3S/c10-6(8(15)16)1-2-12-7(14)3-5-4-17-9(11)13-5/h4,6H,1-3,10H2,(H2,11,13)(H,12,14)(H,15,16). The number of anilines is 1. The van der Waals surface area contributed by atoms with Crippen LogP contribution in [0.15, 0.2) is 5.38 Å². The van der Waals surface area contributed by atoms with E-state index in [4.69, 9.17) is 16.6 Å². The summed E-state index contributed by atoms with van der Waals surface area (Å²) in [4.78, 5) is 25.7. The number of nitrogens with two attached hydrogens (primary N) is 2. The quantitative estimate of drug-likeness (QED) is 0.527. The lowest BCUT2D eigenvalue weighted by molar-refractivity contribution is -0.138. The zero-order valence-electron chi connectivity index (χ0n) is 9.05. The molecule has 0 fully saturated rings. The van der Waals surface area contributed by atoms with Crippen molar-refractivity contribution >= 4 is 28.3 Å². The summed E-state index contributed by atoms with van der Waals surface area (Å²) in [7, 11) is 0. The van der Waals surface area contributed by atoms with Crippen LogP contribution in [0.4, 0.5) is 5.13 Å². The van der Waals surface area contributed by atoms with Crippen molar-refractivity contribution in [1.82, 2.24) is 10.3 Å². The molecular formula is C9H14N4O3S. The molecule has 0 saturated heterocycles. The highest BCUT2D eigenvalue weighted by molar-refractivity contribution is 7.13. The molecule has 1 aromatic heterocycles. The van der Waals surface area contributed by atoms with Crippen molar-refractivity contribution in [2.75, 3.05) is 12.3 Å². The average Bonchev–Trinajstić information content (AvgIpc) is 2.63. The molecule has 0 radical (unpaired) electrons. The van der Waals surface area contributed by atoms with Crippen LogP contribution in [0.25, 0.3) is 0 Å². The van der Waals surface area contributed by atoms with Gasteiger partial charge in [-0.3, -0.25) is 9.59 Å². The predicted octanol–water partition coefficient (Wildman–Crippen LogP) is -0.814. The van der Waals surface area contributed by atoms with Crippen molar-refractivity contribution in [2.24, 2.45) is 5.73 Å². The van der Waals surface area contributed by atoms with Gasteiger partial charge in [-0.15, -0.1) is 11.3 Å². The molecule has 6 N–H and O–H groups in total. The summed E-state index contributed by atoms with van der Waals surface area (Å²) in [5.74, 6) is -1.31. The summed E-state index contributed by atoms with van der Waals surface area (Å²) in [5, 5.41) is 13.2. The number of rotatable bonds is 6. The predicted molar refractivity (Wildman–Crippen MR) is 63.5 cm³/mol. The molecule has 8 heteroatoms. The lowest BCUT2D eigenvalue weighted by Gasteiger charge is -2.07. The molecule has 1 rings (SSSR count). The van der Waals surface area contributed by atoms with Gasteiger partial charge in [0.1, 0.15) is 6.04 Å². The molecule has 0 aromatic carbocycles. The second-order valence-electron chi connectivity index (χ2n) is 3.44. The number of aromatic nitrogens is 1. The summed E-state index contributed by atoms with van der Waals surface area (Å²) in [6.07, 6.45) is 0.330. The molecule has 1 aromatic rings. The molecule has 94 valence electrons. The number of aliphatic carboxylic acids is 1. The van der Waals surface area contributed by atoms with Crippen molar-refractivity contribution in [1.29, 1.82) is 0 Å². The van der Waals surface area contributed by atoms with Gasteiger partial charge in [-0.25, -0.2) is 4.98 Å². The Morgan fingerprint density at radius 1 is 1.59 bits per heavy atom. The topological polar surface area (TPSA) is 131 Å². The van der Waals surface area contributed by atoms with E-state index in [0.717, 1.165) is 0 Å². The number of hydrogen-bond acceptors (Lipinski definition) is 6. The number of nitrogens with zero attached hydrogens (tertiary/aromatic N) is 1. The third-order valence-electron chi connectivity index (χ3n) is 2.01. The first kappa shape index (κ1) is 13.4. The molecule has 1 amide bonds. The van der Waals surface area contributed by atoms with Crippen molar-refractivity contribution in [3.05, 3.63) is 11.1 Å². The van der Waals surface area contributed by atoms with Crippen LogP contribution in [0, 0.1) is 0 Å². The molecule has 0 saturated carbocycles. The van der Waals surface area contributed by atoms with E-state index in [1.165, 1.54) is 11.3 Å². The van der Waals surface area contributed by atoms with Gasteiger partial charge in [0.2, 0.25) is 5.91 Å². The van der Waals surface area contributed by atoms with Crippen LogP contribution in [0.1, 0.15) is 12.1 Å². The fourth-order valence-corrected chi connectivity index (χ4v) is 1.68. The number of amides is 1. The highest BCUT2D eigenvalue weighted by Gasteiger charge is 2.12. The summed E-state index contributed by atoms with van der Waals surface area (Å²) < 4.78 is 0. The molecule has 0 bridgehead atoms. The van der Waals surface area contributed by atoms with Crippen LogP contribution in [0.3, 0.4) is 0 Å². The van der Waals surface area contributed by atoms with Gasteiger partial charge in [0, 0.05) is 11.9 Å². The molecule has 0 spiro atoms. The minimum Gasteiger partial charge on any atom is -0.480 e. The average molecular weight is 258 g/mol. The first-order valence-electron chi connectivity index (χ1n) is 4.94. The Kier molecular flexibility index (Phi) is 4.85. The molecule has 1 heterocycles. The summed E-state index contributed by atoms with van der Waals surface area (Å²) in [6.45, 7) is 0.228. The first-order chi connectivity index (χ1) is 7.99. The van der Waals surface area contributed by atoms with E-state index in [0.29, 0.717) is 10.8 Å².